The Labute approximate surface area is 216 Å². The number of carbonyl (C=O) groups is 2. The number of hydrogen-bond donors (Lipinski definition) is 2. The zero-order chi connectivity index (χ0) is 25.5. The summed E-state index contributed by atoms with van der Waals surface area (Å²) < 4.78 is 23.4. The zero-order valence-electron chi connectivity index (χ0n) is 20.9. The molecule has 2 N–H and O–H groups in total. The smallest absolute Gasteiger partial charge is 0.254 e. The lowest BCUT2D eigenvalue weighted by Crippen LogP contribution is -2.60. The van der Waals surface area contributed by atoms with Crippen LogP contribution < -0.4 is 24.8 Å². The maximum absolute atomic E-state index is 13.3. The van der Waals surface area contributed by atoms with Crippen molar-refractivity contribution in [2.24, 2.45) is 0 Å². The van der Waals surface area contributed by atoms with Crippen LogP contribution in [0.5, 0.6) is 17.2 Å². The lowest BCUT2D eigenvalue weighted by molar-refractivity contribution is -0.160. The van der Waals surface area contributed by atoms with Crippen molar-refractivity contribution in [3.63, 3.8) is 0 Å². The molecule has 0 saturated carbocycles. The summed E-state index contributed by atoms with van der Waals surface area (Å²) in [7, 11) is 0. The van der Waals surface area contributed by atoms with Crippen LogP contribution in [-0.2, 0) is 20.7 Å². The first-order valence-electron chi connectivity index (χ1n) is 12.8. The van der Waals surface area contributed by atoms with Crippen LogP contribution in [0.1, 0.15) is 18.4 Å². The Bertz CT molecular complexity index is 1150. The van der Waals surface area contributed by atoms with E-state index in [4.69, 9.17) is 18.9 Å². The number of allylic oxidation sites excluding steroid dienone is 1. The monoisotopic (exact) mass is 507 g/mol. The highest BCUT2D eigenvalue weighted by molar-refractivity contribution is 5.93. The van der Waals surface area contributed by atoms with Crippen molar-refractivity contribution in [1.29, 1.82) is 0 Å². The van der Waals surface area contributed by atoms with Crippen LogP contribution in [0.25, 0.3) is 0 Å². The average Bonchev–Trinajstić information content (AvgIpc) is 3.14. The molecular weight excluding hydrogens is 474 g/mol. The minimum Gasteiger partial charge on any atom is -0.491 e. The Morgan fingerprint density at radius 2 is 1.81 bits per heavy atom. The summed E-state index contributed by atoms with van der Waals surface area (Å²) >= 11 is 0. The van der Waals surface area contributed by atoms with Gasteiger partial charge in [-0.1, -0.05) is 30.4 Å². The number of rotatable bonds is 3. The molecule has 3 heterocycles. The third-order valence-electron chi connectivity index (χ3n) is 6.65. The van der Waals surface area contributed by atoms with Crippen LogP contribution >= 0.6 is 0 Å². The fourth-order valence-corrected chi connectivity index (χ4v) is 4.77. The van der Waals surface area contributed by atoms with Gasteiger partial charge < -0.3 is 29.6 Å². The SMILES string of the molecule is O=C(CN1CCOC2(C/C=C/Cc3ccccc3OCCNC2=O)C1)Nc1ccc2c(c1)OCCCO2. The molecule has 2 aromatic carbocycles. The first kappa shape index (κ1) is 25.1. The third kappa shape index (κ3) is 6.23. The molecule has 0 aromatic heterocycles. The van der Waals surface area contributed by atoms with Gasteiger partial charge in [-0.2, -0.15) is 0 Å². The Morgan fingerprint density at radius 3 is 2.73 bits per heavy atom. The fraction of sp³-hybridized carbons (Fsp3) is 0.429. The average molecular weight is 508 g/mol. The summed E-state index contributed by atoms with van der Waals surface area (Å²) in [5.41, 5.74) is 0.671. The normalized spacial score (nSPS) is 23.3. The summed E-state index contributed by atoms with van der Waals surface area (Å²) in [4.78, 5) is 28.1. The maximum atomic E-state index is 13.3. The molecule has 9 nitrogen and oxygen atoms in total. The number of carbonyl (C=O) groups excluding carboxylic acids is 2. The molecule has 2 amide bonds. The van der Waals surface area contributed by atoms with Crippen LogP contribution in [-0.4, -0.2) is 74.9 Å². The molecule has 3 aliphatic rings. The van der Waals surface area contributed by atoms with Gasteiger partial charge in [0, 0.05) is 37.7 Å². The molecule has 0 aliphatic carbocycles. The van der Waals surface area contributed by atoms with Crippen LogP contribution in [0.2, 0.25) is 0 Å². The second-order valence-corrected chi connectivity index (χ2v) is 9.41. The molecule has 37 heavy (non-hydrogen) atoms. The van der Waals surface area contributed by atoms with Gasteiger partial charge in [-0.3, -0.25) is 14.5 Å². The summed E-state index contributed by atoms with van der Waals surface area (Å²) in [6.07, 6.45) is 5.97. The van der Waals surface area contributed by atoms with Gasteiger partial charge in [0.25, 0.3) is 5.91 Å². The highest BCUT2D eigenvalue weighted by Crippen LogP contribution is 2.32. The molecule has 1 unspecified atom stereocenters. The standard InChI is InChI=1S/C28H33N3O6/c32-26(30-22-9-10-24-25(18-22)35-15-5-14-34-24)19-31-13-17-37-28(20-31)11-4-3-7-21-6-1-2-8-23(21)36-16-12-29-27(28)33/h1-4,6,8-10,18H,5,7,11-17,19-20H2,(H,29,33)(H,30,32)/b4-3+. The lowest BCUT2D eigenvalue weighted by atomic mass is 9.94. The predicted molar refractivity (Wildman–Crippen MR) is 138 cm³/mol. The van der Waals surface area contributed by atoms with E-state index < -0.39 is 5.60 Å². The molecule has 1 spiro atoms. The van der Waals surface area contributed by atoms with E-state index in [1.165, 1.54) is 0 Å². The van der Waals surface area contributed by atoms with E-state index in [-0.39, 0.29) is 18.4 Å². The third-order valence-corrected chi connectivity index (χ3v) is 6.65. The second kappa shape index (κ2) is 11.7. The number of anilines is 1. The van der Waals surface area contributed by atoms with Crippen molar-refractivity contribution < 1.29 is 28.5 Å². The number of fused-ring (bicyclic) bond motifs is 2. The minimum absolute atomic E-state index is 0.146. The van der Waals surface area contributed by atoms with Gasteiger partial charge in [0.1, 0.15) is 12.4 Å². The summed E-state index contributed by atoms with van der Waals surface area (Å²) in [6, 6.07) is 13.3. The minimum atomic E-state index is -1.07. The van der Waals surface area contributed by atoms with Crippen LogP contribution in [0.4, 0.5) is 5.69 Å². The van der Waals surface area contributed by atoms with E-state index in [1.54, 1.807) is 12.1 Å². The van der Waals surface area contributed by atoms with E-state index >= 15 is 0 Å². The fourth-order valence-electron chi connectivity index (χ4n) is 4.77. The summed E-state index contributed by atoms with van der Waals surface area (Å²) in [6.45, 7) is 3.30. The van der Waals surface area contributed by atoms with Crippen LogP contribution in [0.15, 0.2) is 54.6 Å². The maximum Gasteiger partial charge on any atom is 0.254 e. The number of ether oxygens (including phenoxy) is 4. The van der Waals surface area contributed by atoms with Crippen molar-refractivity contribution in [3.05, 3.63) is 60.2 Å². The Kier molecular flexibility index (Phi) is 7.91. The molecule has 1 fully saturated rings. The van der Waals surface area contributed by atoms with Crippen molar-refractivity contribution in [2.75, 3.05) is 57.9 Å². The molecule has 5 rings (SSSR count). The van der Waals surface area contributed by atoms with Gasteiger partial charge in [-0.15, -0.1) is 0 Å². The zero-order valence-corrected chi connectivity index (χ0v) is 20.9. The van der Waals surface area contributed by atoms with E-state index in [2.05, 4.69) is 10.6 Å². The molecule has 0 bridgehead atoms. The molecule has 0 radical (unpaired) electrons. The number of amides is 2. The molecule has 9 heteroatoms. The van der Waals surface area contributed by atoms with E-state index in [9.17, 15) is 9.59 Å². The number of nitrogens with zero attached hydrogens (tertiary/aromatic N) is 1. The Morgan fingerprint density at radius 1 is 0.973 bits per heavy atom. The van der Waals surface area contributed by atoms with E-state index in [0.29, 0.717) is 76.1 Å². The molecule has 1 atom stereocenters. The van der Waals surface area contributed by atoms with Gasteiger partial charge in [0.05, 0.1) is 32.9 Å². The highest BCUT2D eigenvalue weighted by Gasteiger charge is 2.43. The molecule has 1 saturated heterocycles. The van der Waals surface area contributed by atoms with Gasteiger partial charge in [-0.25, -0.2) is 0 Å². The van der Waals surface area contributed by atoms with Gasteiger partial charge in [0.15, 0.2) is 17.1 Å². The van der Waals surface area contributed by atoms with Gasteiger partial charge >= 0.3 is 0 Å². The largest absolute Gasteiger partial charge is 0.491 e. The lowest BCUT2D eigenvalue weighted by Gasteiger charge is -2.41. The quantitative estimate of drug-likeness (QED) is 0.616. The molecule has 3 aliphatic heterocycles. The molecular formula is C28H33N3O6. The number of morpholine rings is 1. The first-order valence-corrected chi connectivity index (χ1v) is 12.8. The van der Waals surface area contributed by atoms with Crippen molar-refractivity contribution >= 4 is 17.5 Å². The first-order chi connectivity index (χ1) is 18.1. The highest BCUT2D eigenvalue weighted by atomic mass is 16.5. The van der Waals surface area contributed by atoms with E-state index in [0.717, 1.165) is 17.7 Å². The van der Waals surface area contributed by atoms with Crippen LogP contribution in [0, 0.1) is 0 Å². The van der Waals surface area contributed by atoms with E-state index in [1.807, 2.05) is 47.4 Å². The number of nitrogens with one attached hydrogen (secondary N) is 2. The Balaban J connectivity index is 1.23. The van der Waals surface area contributed by atoms with Crippen molar-refractivity contribution in [1.82, 2.24) is 10.2 Å². The number of hydrogen-bond acceptors (Lipinski definition) is 7. The van der Waals surface area contributed by atoms with Crippen LogP contribution in [0.3, 0.4) is 0 Å². The van der Waals surface area contributed by atoms with Gasteiger partial charge in [0.2, 0.25) is 5.91 Å². The summed E-state index contributed by atoms with van der Waals surface area (Å²) in [5.74, 6) is 1.78. The number of benzene rings is 2. The van der Waals surface area contributed by atoms with Crippen molar-refractivity contribution in [3.8, 4) is 17.2 Å². The van der Waals surface area contributed by atoms with Gasteiger partial charge in [-0.05, 0) is 30.2 Å². The molecule has 196 valence electrons. The number of para-hydroxylation sites is 1. The second-order valence-electron chi connectivity index (χ2n) is 9.41. The van der Waals surface area contributed by atoms with Crippen molar-refractivity contribution in [2.45, 2.75) is 24.9 Å². The topological polar surface area (TPSA) is 98.4 Å². The molecule has 2 aromatic rings. The Hall–Kier alpha value is -3.56. The summed E-state index contributed by atoms with van der Waals surface area (Å²) in [5, 5.41) is 5.90. The predicted octanol–water partition coefficient (Wildman–Crippen LogP) is 2.56.